The highest BCUT2D eigenvalue weighted by molar-refractivity contribution is 5.92. The van der Waals surface area contributed by atoms with E-state index in [1.807, 2.05) is 30.3 Å². The fraction of sp³-hybridized carbons (Fsp3) is 0.452. The van der Waals surface area contributed by atoms with Gasteiger partial charge in [0.2, 0.25) is 18.6 Å². The van der Waals surface area contributed by atoms with E-state index in [1.165, 1.54) is 7.11 Å². The molecular formula is C31H36N2O8. The van der Waals surface area contributed by atoms with Crippen molar-refractivity contribution in [2.45, 2.75) is 51.6 Å². The molecule has 2 aromatic carbocycles. The number of piperidine rings is 1. The number of nitrogens with one attached hydrogen (secondary N) is 1. The molecule has 10 nitrogen and oxygen atoms in total. The molecule has 1 aliphatic carbocycles. The number of benzene rings is 2. The van der Waals surface area contributed by atoms with Gasteiger partial charge in [-0.2, -0.15) is 0 Å². The number of methoxy groups -OCH3 is 3. The second-order valence-electron chi connectivity index (χ2n) is 10.6. The molecule has 0 unspecified atom stereocenters. The summed E-state index contributed by atoms with van der Waals surface area (Å²) in [6, 6.07) is 11.0. The monoisotopic (exact) mass is 564 g/mol. The zero-order chi connectivity index (χ0) is 29.0. The average Bonchev–Trinajstić information content (AvgIpc) is 3.35. The van der Waals surface area contributed by atoms with Crippen molar-refractivity contribution in [3.05, 3.63) is 59.3 Å². The molecule has 1 N–H and O–H groups in total. The zero-order valence-electron chi connectivity index (χ0n) is 23.7. The van der Waals surface area contributed by atoms with E-state index < -0.39 is 11.3 Å². The minimum Gasteiger partial charge on any atom is -0.493 e. The third-order valence-corrected chi connectivity index (χ3v) is 8.11. The molecular weight excluding hydrogens is 528 g/mol. The lowest BCUT2D eigenvalue weighted by atomic mass is 9.69. The van der Waals surface area contributed by atoms with Crippen LogP contribution in [0.3, 0.4) is 0 Å². The lowest BCUT2D eigenvalue weighted by molar-refractivity contribution is -0.160. The number of carbonyl (C=O) groups excluding carboxylic acids is 3. The number of rotatable bonds is 9. The molecule has 2 amide bonds. The number of hydrogen-bond acceptors (Lipinski definition) is 8. The number of ether oxygens (including phenoxy) is 5. The minimum absolute atomic E-state index is 0.0458. The van der Waals surface area contributed by atoms with Crippen LogP contribution in [0.2, 0.25) is 0 Å². The number of carbonyl (C=O) groups is 3. The van der Waals surface area contributed by atoms with E-state index >= 15 is 0 Å². The normalized spacial score (nSPS) is 21.3. The molecule has 3 aliphatic rings. The molecule has 218 valence electrons. The van der Waals surface area contributed by atoms with Crippen LogP contribution in [0.4, 0.5) is 0 Å². The van der Waals surface area contributed by atoms with Gasteiger partial charge in [0.1, 0.15) is 5.41 Å². The quantitative estimate of drug-likeness (QED) is 0.453. The fourth-order valence-electron chi connectivity index (χ4n) is 6.07. The summed E-state index contributed by atoms with van der Waals surface area (Å²) in [5.74, 6) is 0.909. The number of amides is 2. The lowest BCUT2D eigenvalue weighted by Crippen LogP contribution is -2.53. The van der Waals surface area contributed by atoms with Crippen molar-refractivity contribution in [2.24, 2.45) is 11.3 Å². The highest BCUT2D eigenvalue weighted by atomic mass is 16.7. The minimum atomic E-state index is -0.996. The summed E-state index contributed by atoms with van der Waals surface area (Å²) in [5.41, 5.74) is 1.34. The first-order valence-electron chi connectivity index (χ1n) is 13.8. The predicted molar refractivity (Wildman–Crippen MR) is 148 cm³/mol. The Morgan fingerprint density at radius 3 is 2.56 bits per heavy atom. The fourth-order valence-corrected chi connectivity index (χ4v) is 6.07. The molecule has 2 aromatic rings. The summed E-state index contributed by atoms with van der Waals surface area (Å²) >= 11 is 0. The molecule has 10 heteroatoms. The Hall–Kier alpha value is -4.21. The Balaban J connectivity index is 1.38. The van der Waals surface area contributed by atoms with Gasteiger partial charge in [-0.3, -0.25) is 14.4 Å². The van der Waals surface area contributed by atoms with Gasteiger partial charge < -0.3 is 33.9 Å². The first kappa shape index (κ1) is 28.3. The van der Waals surface area contributed by atoms with Crippen molar-refractivity contribution in [3.8, 4) is 23.0 Å². The van der Waals surface area contributed by atoms with Crippen molar-refractivity contribution >= 4 is 17.8 Å². The van der Waals surface area contributed by atoms with Crippen LogP contribution in [0.1, 0.15) is 49.7 Å². The first-order chi connectivity index (χ1) is 19.9. The first-order valence-corrected chi connectivity index (χ1v) is 13.8. The zero-order valence-corrected chi connectivity index (χ0v) is 23.7. The molecule has 0 spiro atoms. The summed E-state index contributed by atoms with van der Waals surface area (Å²) in [6.07, 6.45) is 5.23. The molecule has 2 atom stereocenters. The molecule has 2 heterocycles. The molecule has 41 heavy (non-hydrogen) atoms. The summed E-state index contributed by atoms with van der Waals surface area (Å²) in [7, 11) is 4.49. The molecule has 0 radical (unpaired) electrons. The molecule has 1 fully saturated rings. The van der Waals surface area contributed by atoms with E-state index in [2.05, 4.69) is 5.32 Å². The third-order valence-electron chi connectivity index (χ3n) is 8.11. The average molecular weight is 565 g/mol. The largest absolute Gasteiger partial charge is 0.493 e. The van der Waals surface area contributed by atoms with E-state index in [1.54, 1.807) is 31.3 Å². The van der Waals surface area contributed by atoms with Gasteiger partial charge in [-0.1, -0.05) is 24.6 Å². The molecule has 0 aromatic heterocycles. The number of hydrogen-bond donors (Lipinski definition) is 1. The van der Waals surface area contributed by atoms with Crippen LogP contribution in [-0.4, -0.2) is 50.8 Å². The summed E-state index contributed by atoms with van der Waals surface area (Å²) in [5, 5.41) is 2.92. The van der Waals surface area contributed by atoms with Gasteiger partial charge in [-0.05, 0) is 61.1 Å². The van der Waals surface area contributed by atoms with E-state index in [9.17, 15) is 14.4 Å². The van der Waals surface area contributed by atoms with Gasteiger partial charge in [0, 0.05) is 24.6 Å². The maximum absolute atomic E-state index is 14.0. The number of fused-ring (bicyclic) bond motifs is 2. The van der Waals surface area contributed by atoms with E-state index in [0.717, 1.165) is 30.4 Å². The molecule has 0 saturated carbocycles. The second kappa shape index (κ2) is 12.1. The third kappa shape index (κ3) is 5.68. The molecule has 1 saturated heterocycles. The standard InChI is InChI=1S/C31H36N2O8/c1-37-23-10-8-20(13-25(23)38-2)17-32-28(34)15-22-16-31(30(36)39-3)12-6-4-5-7-27(31)33(29(22)35)18-21-9-11-24-26(14-21)41-19-40-24/h7-11,13-14,22H,4-6,12,15-19H2,1-3H3,(H,32,34)/t22-,31+/m1/s1. The summed E-state index contributed by atoms with van der Waals surface area (Å²) in [4.78, 5) is 42.3. The smallest absolute Gasteiger partial charge is 0.317 e. The van der Waals surface area contributed by atoms with Crippen molar-refractivity contribution in [1.82, 2.24) is 10.2 Å². The number of likely N-dealkylation sites (tertiary alicyclic amines) is 1. The SMILES string of the molecule is COC(=O)[C@]12CCCCC=C1N(Cc1ccc3c(c1)OCO3)C(=O)[C@H](CC(=O)NCc1ccc(OC)c(OC)c1)C2. The predicted octanol–water partition coefficient (Wildman–Crippen LogP) is 4.10. The topological polar surface area (TPSA) is 113 Å². The van der Waals surface area contributed by atoms with Gasteiger partial charge in [0.05, 0.1) is 27.9 Å². The van der Waals surface area contributed by atoms with Crippen LogP contribution in [0.25, 0.3) is 0 Å². The van der Waals surface area contributed by atoms with Gasteiger partial charge in [0.15, 0.2) is 23.0 Å². The van der Waals surface area contributed by atoms with Crippen molar-refractivity contribution in [1.29, 1.82) is 0 Å². The van der Waals surface area contributed by atoms with Gasteiger partial charge >= 0.3 is 5.97 Å². The van der Waals surface area contributed by atoms with Crippen molar-refractivity contribution < 1.29 is 38.1 Å². The van der Waals surface area contributed by atoms with E-state index in [-0.39, 0.29) is 50.5 Å². The Morgan fingerprint density at radius 2 is 1.78 bits per heavy atom. The number of esters is 1. The van der Waals surface area contributed by atoms with Crippen LogP contribution < -0.4 is 24.3 Å². The highest BCUT2D eigenvalue weighted by Gasteiger charge is 2.53. The molecule has 5 rings (SSSR count). The second-order valence-corrected chi connectivity index (χ2v) is 10.6. The maximum atomic E-state index is 14.0. The Labute approximate surface area is 239 Å². The van der Waals surface area contributed by atoms with E-state index in [0.29, 0.717) is 35.1 Å². The Morgan fingerprint density at radius 1 is 1.00 bits per heavy atom. The van der Waals surface area contributed by atoms with E-state index in [4.69, 9.17) is 23.7 Å². The van der Waals surface area contributed by atoms with Crippen LogP contribution in [0.15, 0.2) is 48.2 Å². The lowest BCUT2D eigenvalue weighted by Gasteiger charge is -2.46. The van der Waals surface area contributed by atoms with Crippen molar-refractivity contribution in [2.75, 3.05) is 28.1 Å². The van der Waals surface area contributed by atoms with Crippen LogP contribution in [-0.2, 0) is 32.2 Å². The summed E-state index contributed by atoms with van der Waals surface area (Å²) < 4.78 is 26.9. The number of allylic oxidation sites excluding steroid dienone is 1. The molecule has 2 aliphatic heterocycles. The van der Waals surface area contributed by atoms with Gasteiger partial charge in [0.25, 0.3) is 0 Å². The summed E-state index contributed by atoms with van der Waals surface area (Å²) in [6.45, 7) is 0.649. The van der Waals surface area contributed by atoms with Crippen LogP contribution >= 0.6 is 0 Å². The number of nitrogens with zero attached hydrogens (tertiary/aromatic N) is 1. The van der Waals surface area contributed by atoms with Crippen molar-refractivity contribution in [3.63, 3.8) is 0 Å². The highest BCUT2D eigenvalue weighted by Crippen LogP contribution is 2.50. The van der Waals surface area contributed by atoms with Gasteiger partial charge in [-0.25, -0.2) is 0 Å². The van der Waals surface area contributed by atoms with Gasteiger partial charge in [-0.15, -0.1) is 0 Å². The van der Waals surface area contributed by atoms with Crippen LogP contribution in [0.5, 0.6) is 23.0 Å². The Kier molecular flexibility index (Phi) is 8.37. The van der Waals surface area contributed by atoms with Crippen LogP contribution in [0, 0.1) is 11.3 Å². The molecule has 0 bridgehead atoms. The maximum Gasteiger partial charge on any atom is 0.317 e. The Bertz CT molecular complexity index is 1360.